The van der Waals surface area contributed by atoms with Gasteiger partial charge < -0.3 is 9.67 Å². The maximum atomic E-state index is 12.6. The normalized spacial score (nSPS) is 10.6. The Morgan fingerprint density at radius 3 is 2.37 bits per heavy atom. The molecule has 3 aromatic rings. The summed E-state index contributed by atoms with van der Waals surface area (Å²) in [6.07, 6.45) is 0. The maximum Gasteiger partial charge on any atom is 0.293 e. The van der Waals surface area contributed by atoms with Gasteiger partial charge in [0, 0.05) is 11.9 Å². The molecule has 0 aliphatic carbocycles. The number of hydrogen-bond donors (Lipinski definition) is 3. The van der Waals surface area contributed by atoms with Gasteiger partial charge in [-0.25, -0.2) is 0 Å². The van der Waals surface area contributed by atoms with Gasteiger partial charge in [0.15, 0.2) is 5.75 Å². The highest BCUT2D eigenvalue weighted by Gasteiger charge is 2.21. The largest absolute Gasteiger partial charge is 0.502 e. The fourth-order valence-corrected chi connectivity index (χ4v) is 3.05. The highest BCUT2D eigenvalue weighted by Crippen LogP contribution is 2.23. The van der Waals surface area contributed by atoms with E-state index in [2.05, 4.69) is 10.9 Å². The van der Waals surface area contributed by atoms with Crippen LogP contribution in [-0.4, -0.2) is 21.5 Å². The molecule has 8 heteroatoms. The highest BCUT2D eigenvalue weighted by molar-refractivity contribution is 6.33. The predicted octanol–water partition coefficient (Wildman–Crippen LogP) is 2.46. The second kappa shape index (κ2) is 7.51. The molecule has 1 heterocycles. The number of amides is 2. The Morgan fingerprint density at radius 1 is 1.04 bits per heavy atom. The average Bonchev–Trinajstić information content (AvgIpc) is 2.67. The Balaban J connectivity index is 1.95. The number of hydrogen-bond acceptors (Lipinski definition) is 4. The van der Waals surface area contributed by atoms with Gasteiger partial charge in [0.2, 0.25) is 0 Å². The number of carbonyl (C=O) groups excluding carboxylic acids is 2. The molecular weight excluding hydrogens is 370 g/mol. The van der Waals surface area contributed by atoms with E-state index in [0.29, 0.717) is 17.4 Å². The summed E-state index contributed by atoms with van der Waals surface area (Å²) in [6.45, 7) is 2.09. The molecule has 1 aromatic heterocycles. The number of nitrogens with zero attached hydrogens (tertiary/aromatic N) is 1. The first-order valence-electron chi connectivity index (χ1n) is 8.15. The third kappa shape index (κ3) is 3.37. The summed E-state index contributed by atoms with van der Waals surface area (Å²) in [5, 5.41) is 10.9. The van der Waals surface area contributed by atoms with E-state index < -0.39 is 23.1 Å². The number of pyridine rings is 1. The first kappa shape index (κ1) is 18.5. The Kier molecular flexibility index (Phi) is 5.14. The summed E-state index contributed by atoms with van der Waals surface area (Å²) in [7, 11) is 0. The standard InChI is InChI=1S/C19H16ClN3O4/c1-2-23-14-10-6-4-8-12(14)15(16(24)19(23)27)18(26)22-21-17(25)11-7-3-5-9-13(11)20/h3-10,24H,2H2,1H3,(H,21,25)(H,22,26). The Hall–Kier alpha value is -3.32. The van der Waals surface area contributed by atoms with Crippen LogP contribution in [0.25, 0.3) is 10.9 Å². The molecule has 0 unspecified atom stereocenters. The van der Waals surface area contributed by atoms with E-state index in [1.54, 1.807) is 49.4 Å². The van der Waals surface area contributed by atoms with Crippen LogP contribution >= 0.6 is 11.6 Å². The SMILES string of the molecule is CCn1c(=O)c(O)c(C(=O)NNC(=O)c2ccccc2Cl)c2ccccc21. The van der Waals surface area contributed by atoms with E-state index in [1.165, 1.54) is 10.6 Å². The molecule has 0 radical (unpaired) electrons. The van der Waals surface area contributed by atoms with Gasteiger partial charge in [-0.1, -0.05) is 41.9 Å². The van der Waals surface area contributed by atoms with Crippen LogP contribution in [0.5, 0.6) is 5.75 Å². The molecule has 0 bridgehead atoms. The van der Waals surface area contributed by atoms with Crippen molar-refractivity contribution >= 4 is 34.3 Å². The number of nitrogens with one attached hydrogen (secondary N) is 2. The van der Waals surface area contributed by atoms with Crippen LogP contribution in [0, 0.1) is 0 Å². The Morgan fingerprint density at radius 2 is 1.67 bits per heavy atom. The minimum Gasteiger partial charge on any atom is -0.502 e. The minimum absolute atomic E-state index is 0.176. The molecule has 0 atom stereocenters. The van der Waals surface area contributed by atoms with E-state index in [0.717, 1.165) is 0 Å². The molecule has 0 fully saturated rings. The van der Waals surface area contributed by atoms with Gasteiger partial charge in [0.1, 0.15) is 0 Å². The number of rotatable bonds is 3. The average molecular weight is 386 g/mol. The monoisotopic (exact) mass is 385 g/mol. The fraction of sp³-hybridized carbons (Fsp3) is 0.105. The van der Waals surface area contributed by atoms with E-state index in [-0.39, 0.29) is 16.1 Å². The van der Waals surface area contributed by atoms with Gasteiger partial charge in [-0.05, 0) is 25.1 Å². The van der Waals surface area contributed by atoms with Crippen molar-refractivity contribution in [3.8, 4) is 5.75 Å². The molecule has 7 nitrogen and oxygen atoms in total. The van der Waals surface area contributed by atoms with Gasteiger partial charge in [0.25, 0.3) is 17.4 Å². The zero-order chi connectivity index (χ0) is 19.6. The molecule has 0 saturated carbocycles. The number of para-hydroxylation sites is 1. The summed E-state index contributed by atoms with van der Waals surface area (Å²) in [5.41, 5.74) is 4.24. The van der Waals surface area contributed by atoms with Gasteiger partial charge in [-0.3, -0.25) is 25.2 Å². The van der Waals surface area contributed by atoms with Crippen molar-refractivity contribution in [2.45, 2.75) is 13.5 Å². The van der Waals surface area contributed by atoms with Crippen LogP contribution in [0.4, 0.5) is 0 Å². The smallest absolute Gasteiger partial charge is 0.293 e. The topological polar surface area (TPSA) is 100 Å². The molecule has 27 heavy (non-hydrogen) atoms. The summed E-state index contributed by atoms with van der Waals surface area (Å²) in [4.78, 5) is 37.1. The van der Waals surface area contributed by atoms with Crippen LogP contribution in [0.1, 0.15) is 27.6 Å². The zero-order valence-electron chi connectivity index (χ0n) is 14.3. The van der Waals surface area contributed by atoms with Crippen molar-refractivity contribution < 1.29 is 14.7 Å². The number of hydrazine groups is 1. The molecule has 2 amide bonds. The van der Waals surface area contributed by atoms with Crippen molar-refractivity contribution in [1.29, 1.82) is 0 Å². The van der Waals surface area contributed by atoms with Crippen molar-refractivity contribution in [3.63, 3.8) is 0 Å². The second-order valence-corrected chi connectivity index (χ2v) is 6.09. The lowest BCUT2D eigenvalue weighted by molar-refractivity contribution is 0.0846. The van der Waals surface area contributed by atoms with E-state index in [1.807, 2.05) is 0 Å². The molecule has 3 N–H and O–H groups in total. The van der Waals surface area contributed by atoms with Crippen LogP contribution in [0.2, 0.25) is 5.02 Å². The fourth-order valence-electron chi connectivity index (χ4n) is 2.82. The summed E-state index contributed by atoms with van der Waals surface area (Å²) >= 11 is 5.95. The molecule has 138 valence electrons. The van der Waals surface area contributed by atoms with Crippen LogP contribution in [0.3, 0.4) is 0 Å². The van der Waals surface area contributed by atoms with Gasteiger partial charge in [-0.15, -0.1) is 0 Å². The van der Waals surface area contributed by atoms with E-state index >= 15 is 0 Å². The van der Waals surface area contributed by atoms with Crippen molar-refractivity contribution in [2.75, 3.05) is 0 Å². The third-order valence-electron chi connectivity index (χ3n) is 4.10. The molecule has 0 aliphatic rings. The predicted molar refractivity (Wildman–Crippen MR) is 102 cm³/mol. The molecule has 0 aliphatic heterocycles. The molecule has 3 rings (SSSR count). The number of carbonyl (C=O) groups is 2. The van der Waals surface area contributed by atoms with Crippen molar-refractivity contribution in [1.82, 2.24) is 15.4 Å². The summed E-state index contributed by atoms with van der Waals surface area (Å²) in [6, 6.07) is 13.1. The van der Waals surface area contributed by atoms with Gasteiger partial charge in [0.05, 0.1) is 21.7 Å². The Bertz CT molecular complexity index is 1110. The first-order chi connectivity index (χ1) is 13.0. The zero-order valence-corrected chi connectivity index (χ0v) is 15.1. The number of aryl methyl sites for hydroxylation is 1. The quantitative estimate of drug-likeness (QED) is 0.603. The maximum absolute atomic E-state index is 12.6. The van der Waals surface area contributed by atoms with E-state index in [4.69, 9.17) is 11.6 Å². The lowest BCUT2D eigenvalue weighted by Gasteiger charge is -2.14. The van der Waals surface area contributed by atoms with Crippen LogP contribution < -0.4 is 16.4 Å². The van der Waals surface area contributed by atoms with Crippen LogP contribution in [-0.2, 0) is 6.54 Å². The van der Waals surface area contributed by atoms with Crippen molar-refractivity contribution in [2.24, 2.45) is 0 Å². The number of aromatic hydroxyl groups is 1. The molecule has 2 aromatic carbocycles. The highest BCUT2D eigenvalue weighted by atomic mass is 35.5. The number of fused-ring (bicyclic) bond motifs is 1. The Labute approximate surface area is 159 Å². The number of benzene rings is 2. The van der Waals surface area contributed by atoms with Gasteiger partial charge in [-0.2, -0.15) is 0 Å². The lowest BCUT2D eigenvalue weighted by atomic mass is 10.1. The third-order valence-corrected chi connectivity index (χ3v) is 4.43. The summed E-state index contributed by atoms with van der Waals surface area (Å²) in [5.74, 6) is -2.12. The first-order valence-corrected chi connectivity index (χ1v) is 8.53. The summed E-state index contributed by atoms with van der Waals surface area (Å²) < 4.78 is 1.36. The molecular formula is C19H16ClN3O4. The molecule has 0 saturated heterocycles. The molecule has 0 spiro atoms. The van der Waals surface area contributed by atoms with Gasteiger partial charge >= 0.3 is 0 Å². The van der Waals surface area contributed by atoms with Crippen molar-refractivity contribution in [3.05, 3.63) is 75.0 Å². The second-order valence-electron chi connectivity index (χ2n) is 5.68. The number of aromatic nitrogens is 1. The minimum atomic E-state index is -0.815. The number of halogens is 1. The van der Waals surface area contributed by atoms with E-state index in [9.17, 15) is 19.5 Å². The lowest BCUT2D eigenvalue weighted by Crippen LogP contribution is -2.42. The van der Waals surface area contributed by atoms with Crippen LogP contribution in [0.15, 0.2) is 53.3 Å².